The molecule has 2 fully saturated rings. The average molecular weight is 302 g/mol. The molecule has 2 aliphatic heterocycles. The molecule has 0 radical (unpaired) electrons. The molecule has 0 aromatic heterocycles. The Morgan fingerprint density at radius 2 is 1.71 bits per heavy atom. The van der Waals surface area contributed by atoms with Crippen LogP contribution in [0.2, 0.25) is 0 Å². The minimum absolute atomic E-state index is 0.107. The highest BCUT2D eigenvalue weighted by molar-refractivity contribution is 4.94. The molecule has 0 spiro atoms. The van der Waals surface area contributed by atoms with Crippen LogP contribution in [0.1, 0.15) is 53.4 Å². The van der Waals surface area contributed by atoms with Crippen LogP contribution in [0.5, 0.6) is 0 Å². The molecule has 2 aliphatic rings. The molecule has 0 aliphatic carbocycles. The van der Waals surface area contributed by atoms with Crippen molar-refractivity contribution in [1.29, 1.82) is 0 Å². The van der Waals surface area contributed by atoms with Gasteiger partial charge in [0.15, 0.2) is 12.1 Å². The maximum absolute atomic E-state index is 6.01. The Labute approximate surface area is 128 Å². The molecule has 5 heteroatoms. The van der Waals surface area contributed by atoms with Gasteiger partial charge in [-0.05, 0) is 26.7 Å². The van der Waals surface area contributed by atoms with Crippen LogP contribution in [0, 0.1) is 0 Å². The van der Waals surface area contributed by atoms with Crippen molar-refractivity contribution in [3.05, 3.63) is 0 Å². The van der Waals surface area contributed by atoms with Gasteiger partial charge in [0.05, 0.1) is 6.61 Å². The molecular formula is C16H30O5. The molecule has 21 heavy (non-hydrogen) atoms. The van der Waals surface area contributed by atoms with Crippen LogP contribution >= 0.6 is 0 Å². The summed E-state index contributed by atoms with van der Waals surface area (Å²) >= 11 is 0. The van der Waals surface area contributed by atoms with Crippen LogP contribution in [-0.4, -0.2) is 50.2 Å². The van der Waals surface area contributed by atoms with E-state index in [0.717, 1.165) is 38.9 Å². The Balaban J connectivity index is 1.87. The zero-order valence-electron chi connectivity index (χ0n) is 13.8. The minimum atomic E-state index is -0.601. The number of fused-ring (bicyclic) bond motifs is 1. The lowest BCUT2D eigenvalue weighted by Gasteiger charge is -2.25. The van der Waals surface area contributed by atoms with E-state index in [1.54, 1.807) is 0 Å². The van der Waals surface area contributed by atoms with E-state index in [1.165, 1.54) is 0 Å². The summed E-state index contributed by atoms with van der Waals surface area (Å²) in [6, 6.07) is 0. The van der Waals surface area contributed by atoms with Gasteiger partial charge in [-0.1, -0.05) is 26.7 Å². The third-order valence-electron chi connectivity index (χ3n) is 3.82. The van der Waals surface area contributed by atoms with Crippen LogP contribution < -0.4 is 0 Å². The summed E-state index contributed by atoms with van der Waals surface area (Å²) < 4.78 is 29.4. The Morgan fingerprint density at radius 1 is 1.00 bits per heavy atom. The molecule has 2 heterocycles. The van der Waals surface area contributed by atoms with Crippen LogP contribution in [0.15, 0.2) is 0 Å². The summed E-state index contributed by atoms with van der Waals surface area (Å²) in [5.41, 5.74) is 0. The van der Waals surface area contributed by atoms with Crippen molar-refractivity contribution in [2.75, 3.05) is 19.8 Å². The molecular weight excluding hydrogens is 272 g/mol. The van der Waals surface area contributed by atoms with E-state index < -0.39 is 5.79 Å². The zero-order chi connectivity index (χ0) is 15.3. The maximum Gasteiger partial charge on any atom is 0.190 e. The number of ether oxygens (including phenoxy) is 5. The molecule has 4 atom stereocenters. The number of rotatable bonds is 9. The third kappa shape index (κ3) is 4.63. The summed E-state index contributed by atoms with van der Waals surface area (Å²) in [5.74, 6) is -0.601. The van der Waals surface area contributed by atoms with Crippen molar-refractivity contribution in [3.63, 3.8) is 0 Å². The molecule has 0 saturated carbocycles. The molecule has 2 saturated heterocycles. The van der Waals surface area contributed by atoms with Crippen molar-refractivity contribution in [2.24, 2.45) is 0 Å². The fourth-order valence-corrected chi connectivity index (χ4v) is 2.69. The van der Waals surface area contributed by atoms with Crippen molar-refractivity contribution in [1.82, 2.24) is 0 Å². The maximum atomic E-state index is 6.01. The highest BCUT2D eigenvalue weighted by atomic mass is 16.8. The first-order chi connectivity index (χ1) is 10.1. The number of unbranched alkanes of at least 4 members (excludes halogenated alkanes) is 2. The molecule has 0 N–H and O–H groups in total. The van der Waals surface area contributed by atoms with E-state index in [4.69, 9.17) is 23.7 Å². The Bertz CT molecular complexity index is 307. The first kappa shape index (κ1) is 17.2. The van der Waals surface area contributed by atoms with E-state index >= 15 is 0 Å². The predicted molar refractivity (Wildman–Crippen MR) is 79.1 cm³/mol. The summed E-state index contributed by atoms with van der Waals surface area (Å²) in [6.45, 7) is 10.1. The molecule has 0 bridgehead atoms. The minimum Gasteiger partial charge on any atom is -0.379 e. The second-order valence-corrected chi connectivity index (χ2v) is 6.26. The van der Waals surface area contributed by atoms with Gasteiger partial charge in [0, 0.05) is 13.2 Å². The highest BCUT2D eigenvalue weighted by Crippen LogP contribution is 2.38. The van der Waals surface area contributed by atoms with Gasteiger partial charge in [-0.25, -0.2) is 0 Å². The third-order valence-corrected chi connectivity index (χ3v) is 3.82. The van der Waals surface area contributed by atoms with Crippen molar-refractivity contribution < 1.29 is 23.7 Å². The van der Waals surface area contributed by atoms with Crippen LogP contribution in [-0.2, 0) is 23.7 Å². The second kappa shape index (κ2) is 7.88. The van der Waals surface area contributed by atoms with Crippen LogP contribution in [0.25, 0.3) is 0 Å². The van der Waals surface area contributed by atoms with E-state index in [1.807, 2.05) is 13.8 Å². The first-order valence-electron chi connectivity index (χ1n) is 8.28. The highest BCUT2D eigenvalue weighted by Gasteiger charge is 2.55. The molecule has 0 amide bonds. The van der Waals surface area contributed by atoms with E-state index in [9.17, 15) is 0 Å². The zero-order valence-corrected chi connectivity index (χ0v) is 13.8. The second-order valence-electron chi connectivity index (χ2n) is 6.26. The monoisotopic (exact) mass is 302 g/mol. The molecule has 0 aromatic carbocycles. The lowest BCUT2D eigenvalue weighted by atomic mass is 10.1. The molecule has 5 nitrogen and oxygen atoms in total. The van der Waals surface area contributed by atoms with Gasteiger partial charge in [0.2, 0.25) is 0 Å². The fraction of sp³-hybridized carbons (Fsp3) is 1.00. The summed E-state index contributed by atoms with van der Waals surface area (Å²) in [7, 11) is 0. The average Bonchev–Trinajstić information content (AvgIpc) is 2.88. The summed E-state index contributed by atoms with van der Waals surface area (Å²) in [5, 5.41) is 0. The van der Waals surface area contributed by atoms with E-state index in [-0.39, 0.29) is 24.6 Å². The summed E-state index contributed by atoms with van der Waals surface area (Å²) in [6.07, 6.45) is 3.65. The normalized spacial score (nSPS) is 34.3. The number of hydrogen-bond acceptors (Lipinski definition) is 5. The topological polar surface area (TPSA) is 46.2 Å². The quantitative estimate of drug-likeness (QED) is 0.613. The lowest BCUT2D eigenvalue weighted by Crippen LogP contribution is -2.39. The largest absolute Gasteiger partial charge is 0.379 e. The smallest absolute Gasteiger partial charge is 0.190 e. The van der Waals surface area contributed by atoms with E-state index in [2.05, 4.69) is 13.8 Å². The predicted octanol–water partition coefficient (Wildman–Crippen LogP) is 2.86. The van der Waals surface area contributed by atoms with E-state index in [0.29, 0.717) is 6.61 Å². The molecule has 2 rings (SSSR count). The Morgan fingerprint density at radius 3 is 2.43 bits per heavy atom. The number of hydrogen-bond donors (Lipinski definition) is 0. The van der Waals surface area contributed by atoms with Crippen molar-refractivity contribution in [2.45, 2.75) is 83.8 Å². The van der Waals surface area contributed by atoms with Gasteiger partial charge in [-0.15, -0.1) is 0 Å². The standard InChI is InChI=1S/C16H30O5/c1-5-7-9-17-11-12-13(18-10-8-6-2)14-15(19-12)21-16(3,4)20-14/h12-15H,5-11H2,1-4H3/t12-,13+,14?,15-/m1/s1. The van der Waals surface area contributed by atoms with Crippen molar-refractivity contribution >= 4 is 0 Å². The van der Waals surface area contributed by atoms with Crippen LogP contribution in [0.3, 0.4) is 0 Å². The van der Waals surface area contributed by atoms with Crippen molar-refractivity contribution in [3.8, 4) is 0 Å². The Kier molecular flexibility index (Phi) is 6.44. The fourth-order valence-electron chi connectivity index (χ4n) is 2.69. The van der Waals surface area contributed by atoms with Gasteiger partial charge >= 0.3 is 0 Å². The molecule has 0 aromatic rings. The SMILES string of the molecule is CCCCOC[C@H]1O[C@@H]2OC(C)(C)OC2[C@H]1OCCCC. The van der Waals surface area contributed by atoms with Gasteiger partial charge in [0.1, 0.15) is 18.3 Å². The first-order valence-corrected chi connectivity index (χ1v) is 8.28. The lowest BCUT2D eigenvalue weighted by molar-refractivity contribution is -0.223. The summed E-state index contributed by atoms with van der Waals surface area (Å²) in [4.78, 5) is 0. The van der Waals surface area contributed by atoms with Gasteiger partial charge in [-0.3, -0.25) is 0 Å². The molecule has 124 valence electrons. The van der Waals surface area contributed by atoms with Gasteiger partial charge in [-0.2, -0.15) is 0 Å². The van der Waals surface area contributed by atoms with Gasteiger partial charge in [0.25, 0.3) is 0 Å². The van der Waals surface area contributed by atoms with Crippen LogP contribution in [0.4, 0.5) is 0 Å². The molecule has 1 unspecified atom stereocenters. The van der Waals surface area contributed by atoms with Gasteiger partial charge < -0.3 is 23.7 Å². The Hall–Kier alpha value is -0.200.